The second-order valence-electron chi connectivity index (χ2n) is 4.61. The Balaban J connectivity index is 2.49. The van der Waals surface area contributed by atoms with Crippen molar-refractivity contribution in [2.24, 2.45) is 0 Å². The maximum atomic E-state index is 5.90. The lowest BCUT2D eigenvalue weighted by atomic mass is 9.97. The third-order valence-electron chi connectivity index (χ3n) is 3.46. The molecule has 1 aromatic rings. The fourth-order valence-electron chi connectivity index (χ4n) is 2.27. The maximum absolute atomic E-state index is 5.90. The Labute approximate surface area is 113 Å². The first-order valence-electron chi connectivity index (χ1n) is 6.09. The van der Waals surface area contributed by atoms with Crippen molar-refractivity contribution in [3.63, 3.8) is 0 Å². The Hall–Kier alpha value is -1.46. The third-order valence-corrected chi connectivity index (χ3v) is 3.46. The standard InChI is InChI=1S/C14H20O5/c1-14(18-5)8-13(17-4)9-6-11(15-2)12(16-3)7-10(9)19-14/h6-7,13H,8H2,1-5H3. The van der Waals surface area contributed by atoms with E-state index in [1.165, 1.54) is 0 Å². The monoisotopic (exact) mass is 268 g/mol. The lowest BCUT2D eigenvalue weighted by Crippen LogP contribution is -2.40. The van der Waals surface area contributed by atoms with Crippen molar-refractivity contribution < 1.29 is 23.7 Å². The first-order chi connectivity index (χ1) is 9.06. The molecule has 5 nitrogen and oxygen atoms in total. The van der Waals surface area contributed by atoms with Crippen LogP contribution in [0.1, 0.15) is 25.0 Å². The van der Waals surface area contributed by atoms with Gasteiger partial charge in [-0.15, -0.1) is 0 Å². The summed E-state index contributed by atoms with van der Waals surface area (Å²) < 4.78 is 27.5. The second kappa shape index (κ2) is 5.27. The molecular formula is C14H20O5. The second-order valence-corrected chi connectivity index (χ2v) is 4.61. The number of ether oxygens (including phenoxy) is 5. The minimum Gasteiger partial charge on any atom is -0.493 e. The molecule has 0 spiro atoms. The molecule has 0 aromatic heterocycles. The van der Waals surface area contributed by atoms with E-state index in [1.54, 1.807) is 34.5 Å². The van der Waals surface area contributed by atoms with Gasteiger partial charge in [0.25, 0.3) is 0 Å². The fourth-order valence-corrected chi connectivity index (χ4v) is 2.27. The summed E-state index contributed by atoms with van der Waals surface area (Å²) in [6.07, 6.45) is 0.510. The van der Waals surface area contributed by atoms with Crippen LogP contribution in [0.3, 0.4) is 0 Å². The van der Waals surface area contributed by atoms with Crippen LogP contribution >= 0.6 is 0 Å². The van der Waals surface area contributed by atoms with E-state index in [4.69, 9.17) is 23.7 Å². The molecule has 2 atom stereocenters. The van der Waals surface area contributed by atoms with Crippen LogP contribution in [-0.4, -0.2) is 34.2 Å². The van der Waals surface area contributed by atoms with Crippen molar-refractivity contribution in [3.05, 3.63) is 17.7 Å². The van der Waals surface area contributed by atoms with Crippen molar-refractivity contribution in [1.82, 2.24) is 0 Å². The molecule has 0 N–H and O–H groups in total. The summed E-state index contributed by atoms with van der Waals surface area (Å²) in [5, 5.41) is 0. The van der Waals surface area contributed by atoms with Gasteiger partial charge in [0.05, 0.1) is 20.3 Å². The van der Waals surface area contributed by atoms with Crippen LogP contribution in [0, 0.1) is 0 Å². The van der Waals surface area contributed by atoms with Crippen molar-refractivity contribution in [3.8, 4) is 17.2 Å². The largest absolute Gasteiger partial charge is 0.493 e. The van der Waals surface area contributed by atoms with Gasteiger partial charge in [0.1, 0.15) is 5.75 Å². The molecule has 19 heavy (non-hydrogen) atoms. The summed E-state index contributed by atoms with van der Waals surface area (Å²) in [6, 6.07) is 3.69. The molecule has 1 heterocycles. The number of methoxy groups -OCH3 is 4. The number of benzene rings is 1. The topological polar surface area (TPSA) is 46.2 Å². The highest BCUT2D eigenvalue weighted by atomic mass is 16.7. The fraction of sp³-hybridized carbons (Fsp3) is 0.571. The van der Waals surface area contributed by atoms with E-state index in [9.17, 15) is 0 Å². The van der Waals surface area contributed by atoms with Gasteiger partial charge in [0.2, 0.25) is 5.79 Å². The van der Waals surface area contributed by atoms with Crippen LogP contribution in [-0.2, 0) is 9.47 Å². The minimum absolute atomic E-state index is 0.103. The first kappa shape index (κ1) is 14.0. The van der Waals surface area contributed by atoms with Crippen LogP contribution in [0.15, 0.2) is 12.1 Å². The first-order valence-corrected chi connectivity index (χ1v) is 6.09. The van der Waals surface area contributed by atoms with Crippen LogP contribution in [0.4, 0.5) is 0 Å². The summed E-state index contributed by atoms with van der Waals surface area (Å²) in [5.74, 6) is 1.28. The van der Waals surface area contributed by atoms with Crippen LogP contribution in [0.25, 0.3) is 0 Å². The molecule has 0 amide bonds. The van der Waals surface area contributed by atoms with Crippen molar-refractivity contribution >= 4 is 0 Å². The molecule has 0 bridgehead atoms. The number of rotatable bonds is 4. The van der Waals surface area contributed by atoms with Crippen molar-refractivity contribution in [1.29, 1.82) is 0 Å². The molecule has 1 aliphatic rings. The molecule has 0 saturated carbocycles. The Morgan fingerprint density at radius 2 is 1.74 bits per heavy atom. The summed E-state index contributed by atoms with van der Waals surface area (Å²) in [7, 11) is 6.50. The predicted octanol–water partition coefficient (Wildman–Crippen LogP) is 2.54. The molecule has 2 unspecified atom stereocenters. The summed E-state index contributed by atoms with van der Waals surface area (Å²) in [5.41, 5.74) is 0.940. The highest BCUT2D eigenvalue weighted by molar-refractivity contribution is 5.52. The van der Waals surface area contributed by atoms with Crippen LogP contribution in [0.2, 0.25) is 0 Å². The highest BCUT2D eigenvalue weighted by Gasteiger charge is 2.38. The van der Waals surface area contributed by atoms with E-state index in [0.29, 0.717) is 23.7 Å². The van der Waals surface area contributed by atoms with E-state index < -0.39 is 5.79 Å². The van der Waals surface area contributed by atoms with E-state index in [2.05, 4.69) is 0 Å². The molecule has 1 aliphatic heterocycles. The van der Waals surface area contributed by atoms with Crippen molar-refractivity contribution in [2.75, 3.05) is 28.4 Å². The quantitative estimate of drug-likeness (QED) is 0.839. The van der Waals surface area contributed by atoms with Gasteiger partial charge in [0.15, 0.2) is 11.5 Å². The minimum atomic E-state index is -0.701. The van der Waals surface area contributed by atoms with Gasteiger partial charge in [-0.25, -0.2) is 0 Å². The molecule has 1 aromatic carbocycles. The highest BCUT2D eigenvalue weighted by Crippen LogP contribution is 2.46. The van der Waals surface area contributed by atoms with Gasteiger partial charge < -0.3 is 23.7 Å². The molecule has 5 heteroatoms. The zero-order valence-corrected chi connectivity index (χ0v) is 12.0. The third kappa shape index (κ3) is 2.48. The van der Waals surface area contributed by atoms with E-state index in [-0.39, 0.29) is 6.10 Å². The molecule has 106 valence electrons. The number of hydrogen-bond donors (Lipinski definition) is 0. The van der Waals surface area contributed by atoms with Gasteiger partial charge in [-0.1, -0.05) is 0 Å². The molecular weight excluding hydrogens is 248 g/mol. The Morgan fingerprint density at radius 1 is 1.11 bits per heavy atom. The smallest absolute Gasteiger partial charge is 0.210 e. The zero-order chi connectivity index (χ0) is 14.0. The average Bonchev–Trinajstić information content (AvgIpc) is 2.44. The van der Waals surface area contributed by atoms with Gasteiger partial charge in [-0.2, -0.15) is 0 Å². The van der Waals surface area contributed by atoms with Crippen LogP contribution in [0.5, 0.6) is 17.2 Å². The lowest BCUT2D eigenvalue weighted by molar-refractivity contribution is -0.184. The van der Waals surface area contributed by atoms with Gasteiger partial charge >= 0.3 is 0 Å². The zero-order valence-electron chi connectivity index (χ0n) is 12.0. The van der Waals surface area contributed by atoms with Crippen LogP contribution < -0.4 is 14.2 Å². The van der Waals surface area contributed by atoms with Gasteiger partial charge in [0, 0.05) is 39.2 Å². The van der Waals surface area contributed by atoms with Crippen molar-refractivity contribution in [2.45, 2.75) is 25.2 Å². The van der Waals surface area contributed by atoms with E-state index in [0.717, 1.165) is 5.56 Å². The number of fused-ring (bicyclic) bond motifs is 1. The van der Waals surface area contributed by atoms with Gasteiger partial charge in [-0.05, 0) is 6.07 Å². The normalized spacial score (nSPS) is 25.4. The molecule has 0 radical (unpaired) electrons. The summed E-state index contributed by atoms with van der Waals surface area (Å²) in [6.45, 7) is 1.89. The molecule has 0 saturated heterocycles. The molecule has 0 fully saturated rings. The Bertz CT molecular complexity index is 459. The van der Waals surface area contributed by atoms with E-state index in [1.807, 2.05) is 13.0 Å². The lowest BCUT2D eigenvalue weighted by Gasteiger charge is -2.38. The Morgan fingerprint density at radius 3 is 2.26 bits per heavy atom. The molecule has 0 aliphatic carbocycles. The number of hydrogen-bond acceptors (Lipinski definition) is 5. The summed E-state index contributed by atoms with van der Waals surface area (Å²) in [4.78, 5) is 0. The SMILES string of the molecule is COc1cc2c(cc1OC)C(OC)CC(C)(OC)O2. The Kier molecular flexibility index (Phi) is 3.87. The van der Waals surface area contributed by atoms with E-state index >= 15 is 0 Å². The molecule has 2 rings (SSSR count). The maximum Gasteiger partial charge on any atom is 0.210 e. The summed E-state index contributed by atoms with van der Waals surface area (Å²) >= 11 is 0. The predicted molar refractivity (Wildman–Crippen MR) is 70.0 cm³/mol. The average molecular weight is 268 g/mol. The van der Waals surface area contributed by atoms with Gasteiger partial charge in [-0.3, -0.25) is 0 Å².